The monoisotopic (exact) mass is 412 g/mol. The highest BCUT2D eigenvalue weighted by atomic mass is 19.1. The highest BCUT2D eigenvalue weighted by molar-refractivity contribution is 5.95. The molecule has 30 heavy (non-hydrogen) atoms. The summed E-state index contributed by atoms with van der Waals surface area (Å²) in [5.41, 5.74) is 1.73. The number of hydrogen-bond donors (Lipinski definition) is 1. The number of benzene rings is 2. The molecule has 0 spiro atoms. The molecule has 2 aromatic rings. The number of halogens is 1. The molecule has 6 nitrogen and oxygen atoms in total. The molecule has 0 radical (unpaired) electrons. The molecule has 0 aliphatic carbocycles. The third-order valence-electron chi connectivity index (χ3n) is 5.34. The first kappa shape index (κ1) is 21.5. The fraction of sp³-hybridized carbons (Fsp3) is 0.348. The van der Waals surface area contributed by atoms with E-state index < -0.39 is 29.7 Å². The number of amides is 2. The summed E-state index contributed by atoms with van der Waals surface area (Å²) in [6, 6.07) is 13.7. The van der Waals surface area contributed by atoms with Gasteiger partial charge >= 0.3 is 5.97 Å². The van der Waals surface area contributed by atoms with Gasteiger partial charge in [0.2, 0.25) is 5.91 Å². The molecule has 1 heterocycles. The van der Waals surface area contributed by atoms with Gasteiger partial charge in [-0.25, -0.2) is 4.39 Å². The Morgan fingerprint density at radius 2 is 1.87 bits per heavy atom. The Morgan fingerprint density at radius 3 is 2.53 bits per heavy atom. The Labute approximate surface area is 175 Å². The van der Waals surface area contributed by atoms with Crippen LogP contribution in [0.25, 0.3) is 0 Å². The van der Waals surface area contributed by atoms with Gasteiger partial charge in [0.25, 0.3) is 5.91 Å². The summed E-state index contributed by atoms with van der Waals surface area (Å²) in [7, 11) is 0. The first-order valence-electron chi connectivity index (χ1n) is 9.88. The van der Waals surface area contributed by atoms with Crippen molar-refractivity contribution in [3.05, 3.63) is 65.5 Å². The SMILES string of the molecule is Cc1ccc(NC(=O)[C@H](C)OC(=O)[C@@H]2CC(=O)N([C@@H](C)c3ccccc3)C2)cc1F. The minimum Gasteiger partial charge on any atom is -0.452 e. The average molecular weight is 412 g/mol. The van der Waals surface area contributed by atoms with E-state index in [0.29, 0.717) is 5.56 Å². The number of carbonyl (C=O) groups is 3. The van der Waals surface area contributed by atoms with Gasteiger partial charge < -0.3 is 15.0 Å². The predicted molar refractivity (Wildman–Crippen MR) is 110 cm³/mol. The molecule has 1 saturated heterocycles. The van der Waals surface area contributed by atoms with E-state index in [2.05, 4.69) is 5.32 Å². The Hall–Kier alpha value is -3.22. The van der Waals surface area contributed by atoms with Gasteiger partial charge in [-0.1, -0.05) is 36.4 Å². The molecule has 0 bridgehead atoms. The zero-order valence-electron chi connectivity index (χ0n) is 17.2. The number of rotatable bonds is 6. The molecule has 0 saturated carbocycles. The number of carbonyl (C=O) groups excluding carboxylic acids is 3. The van der Waals surface area contributed by atoms with Crippen LogP contribution in [0.4, 0.5) is 10.1 Å². The molecule has 2 amide bonds. The first-order chi connectivity index (χ1) is 14.3. The summed E-state index contributed by atoms with van der Waals surface area (Å²) in [4.78, 5) is 38.9. The number of nitrogens with one attached hydrogen (secondary N) is 1. The van der Waals surface area contributed by atoms with Gasteiger partial charge in [0, 0.05) is 18.7 Å². The highest BCUT2D eigenvalue weighted by Crippen LogP contribution is 2.29. The van der Waals surface area contributed by atoms with E-state index in [4.69, 9.17) is 4.74 Å². The van der Waals surface area contributed by atoms with Crippen LogP contribution in [0.5, 0.6) is 0 Å². The Bertz CT molecular complexity index is 947. The van der Waals surface area contributed by atoms with Crippen LogP contribution in [-0.4, -0.2) is 35.3 Å². The van der Waals surface area contributed by atoms with Crippen molar-refractivity contribution in [2.24, 2.45) is 5.92 Å². The Kier molecular flexibility index (Phi) is 6.50. The molecule has 0 aromatic heterocycles. The lowest BCUT2D eigenvalue weighted by atomic mass is 10.1. The summed E-state index contributed by atoms with van der Waals surface area (Å²) in [5, 5.41) is 2.53. The molecular weight excluding hydrogens is 387 g/mol. The smallest absolute Gasteiger partial charge is 0.312 e. The largest absolute Gasteiger partial charge is 0.452 e. The van der Waals surface area contributed by atoms with E-state index in [1.807, 2.05) is 37.3 Å². The van der Waals surface area contributed by atoms with Crippen molar-refractivity contribution in [3.8, 4) is 0 Å². The van der Waals surface area contributed by atoms with E-state index in [1.165, 1.54) is 13.0 Å². The summed E-state index contributed by atoms with van der Waals surface area (Å²) >= 11 is 0. The lowest BCUT2D eigenvalue weighted by molar-refractivity contribution is -0.157. The predicted octanol–water partition coefficient (Wildman–Crippen LogP) is 3.61. The molecular formula is C23H25FN2O4. The van der Waals surface area contributed by atoms with Gasteiger partial charge in [-0.15, -0.1) is 0 Å². The molecule has 2 aromatic carbocycles. The third-order valence-corrected chi connectivity index (χ3v) is 5.34. The van der Waals surface area contributed by atoms with E-state index in [0.717, 1.165) is 5.56 Å². The van der Waals surface area contributed by atoms with Crippen molar-refractivity contribution in [1.29, 1.82) is 0 Å². The highest BCUT2D eigenvalue weighted by Gasteiger charge is 2.38. The van der Waals surface area contributed by atoms with Crippen LogP contribution in [0.2, 0.25) is 0 Å². The van der Waals surface area contributed by atoms with Crippen LogP contribution in [0.1, 0.15) is 37.4 Å². The van der Waals surface area contributed by atoms with Crippen LogP contribution >= 0.6 is 0 Å². The lowest BCUT2D eigenvalue weighted by Crippen LogP contribution is -2.33. The maximum atomic E-state index is 13.6. The minimum absolute atomic E-state index is 0.0491. The number of hydrogen-bond acceptors (Lipinski definition) is 4. The Morgan fingerprint density at radius 1 is 1.17 bits per heavy atom. The van der Waals surface area contributed by atoms with Crippen LogP contribution in [0.15, 0.2) is 48.5 Å². The van der Waals surface area contributed by atoms with E-state index in [1.54, 1.807) is 24.0 Å². The first-order valence-corrected chi connectivity index (χ1v) is 9.88. The maximum Gasteiger partial charge on any atom is 0.312 e. The number of aryl methyl sites for hydroxylation is 1. The molecule has 1 aliphatic rings. The zero-order valence-corrected chi connectivity index (χ0v) is 17.2. The minimum atomic E-state index is -1.07. The van der Waals surface area contributed by atoms with Crippen LogP contribution in [0.3, 0.4) is 0 Å². The Balaban J connectivity index is 1.56. The van der Waals surface area contributed by atoms with E-state index in [9.17, 15) is 18.8 Å². The summed E-state index contributed by atoms with van der Waals surface area (Å²) in [6.45, 7) is 5.22. The van der Waals surface area contributed by atoms with Crippen molar-refractivity contribution in [2.75, 3.05) is 11.9 Å². The second-order valence-corrected chi connectivity index (χ2v) is 7.57. The second kappa shape index (κ2) is 9.07. The fourth-order valence-corrected chi connectivity index (χ4v) is 3.41. The second-order valence-electron chi connectivity index (χ2n) is 7.57. The third kappa shape index (κ3) is 4.84. The number of anilines is 1. The van der Waals surface area contributed by atoms with Crippen LogP contribution in [-0.2, 0) is 19.1 Å². The molecule has 1 N–H and O–H groups in total. The fourth-order valence-electron chi connectivity index (χ4n) is 3.41. The van der Waals surface area contributed by atoms with Gasteiger partial charge in [0.15, 0.2) is 6.10 Å². The maximum absolute atomic E-state index is 13.6. The van der Waals surface area contributed by atoms with E-state index >= 15 is 0 Å². The number of likely N-dealkylation sites (tertiary alicyclic amines) is 1. The standard InChI is InChI=1S/C23H25FN2O4/c1-14-9-10-19(12-20(14)24)25-22(28)16(3)30-23(29)18-11-21(27)26(13-18)15(2)17-7-5-4-6-8-17/h4-10,12,15-16,18H,11,13H2,1-3H3,(H,25,28)/t15-,16-,18+/m0/s1. The van der Waals surface area contributed by atoms with Gasteiger partial charge in [-0.2, -0.15) is 0 Å². The van der Waals surface area contributed by atoms with Crippen molar-refractivity contribution >= 4 is 23.5 Å². The summed E-state index contributed by atoms with van der Waals surface area (Å²) in [6.07, 6.45) is -1.02. The van der Waals surface area contributed by atoms with Gasteiger partial charge in [0.05, 0.1) is 12.0 Å². The van der Waals surface area contributed by atoms with Gasteiger partial charge in [-0.3, -0.25) is 14.4 Å². The van der Waals surface area contributed by atoms with E-state index in [-0.39, 0.29) is 30.6 Å². The van der Waals surface area contributed by atoms with Crippen LogP contribution < -0.4 is 5.32 Å². The molecule has 0 unspecified atom stereocenters. The molecule has 1 aliphatic heterocycles. The van der Waals surface area contributed by atoms with Crippen molar-refractivity contribution in [2.45, 2.75) is 39.3 Å². The van der Waals surface area contributed by atoms with Crippen LogP contribution in [0, 0.1) is 18.7 Å². The lowest BCUT2D eigenvalue weighted by Gasteiger charge is -2.25. The average Bonchev–Trinajstić information content (AvgIpc) is 3.12. The number of esters is 1. The normalized spacial score (nSPS) is 18.1. The molecule has 7 heteroatoms. The van der Waals surface area contributed by atoms with Crippen molar-refractivity contribution in [1.82, 2.24) is 4.90 Å². The number of nitrogens with zero attached hydrogens (tertiary/aromatic N) is 1. The quantitative estimate of drug-likeness (QED) is 0.736. The van der Waals surface area contributed by atoms with Gasteiger partial charge in [-0.05, 0) is 44.0 Å². The molecule has 158 valence electrons. The topological polar surface area (TPSA) is 75.7 Å². The van der Waals surface area contributed by atoms with Crippen molar-refractivity contribution in [3.63, 3.8) is 0 Å². The summed E-state index contributed by atoms with van der Waals surface area (Å²) < 4.78 is 18.9. The van der Waals surface area contributed by atoms with Gasteiger partial charge in [0.1, 0.15) is 5.82 Å². The van der Waals surface area contributed by atoms with Crippen molar-refractivity contribution < 1.29 is 23.5 Å². The zero-order chi connectivity index (χ0) is 21.8. The molecule has 3 rings (SSSR count). The summed E-state index contributed by atoms with van der Waals surface area (Å²) in [5.74, 6) is -2.35. The number of ether oxygens (including phenoxy) is 1. The molecule has 3 atom stereocenters. The molecule has 1 fully saturated rings.